The molecule has 3 aromatic carbocycles. The Morgan fingerprint density at radius 1 is 1.03 bits per heavy atom. The molecule has 0 saturated carbocycles. The van der Waals surface area contributed by atoms with Crippen LogP contribution in [-0.2, 0) is 11.3 Å². The molecule has 0 fully saturated rings. The number of anilines is 2. The molecule has 0 aliphatic carbocycles. The molecule has 7 nitrogen and oxygen atoms in total. The lowest BCUT2D eigenvalue weighted by Gasteiger charge is -2.12. The van der Waals surface area contributed by atoms with E-state index >= 15 is 0 Å². The van der Waals surface area contributed by atoms with Gasteiger partial charge in [0.05, 0.1) is 19.4 Å². The van der Waals surface area contributed by atoms with Crippen molar-refractivity contribution in [3.05, 3.63) is 88.7 Å². The van der Waals surface area contributed by atoms with E-state index in [1.54, 1.807) is 13.2 Å². The van der Waals surface area contributed by atoms with Gasteiger partial charge in [-0.05, 0) is 67.9 Å². The van der Waals surface area contributed by atoms with Crippen molar-refractivity contribution in [2.75, 3.05) is 23.5 Å². The number of carbonyl (C=O) groups is 1. The van der Waals surface area contributed by atoms with Crippen molar-refractivity contribution in [2.24, 2.45) is 0 Å². The van der Waals surface area contributed by atoms with Crippen LogP contribution < -0.4 is 15.4 Å². The van der Waals surface area contributed by atoms with Gasteiger partial charge in [-0.2, -0.15) is 0 Å². The molecule has 4 rings (SSSR count). The van der Waals surface area contributed by atoms with E-state index in [9.17, 15) is 4.79 Å². The minimum absolute atomic E-state index is 0.142. The number of methoxy groups -OCH3 is 1. The topological polar surface area (TPSA) is 81.1 Å². The Balaban J connectivity index is 1.51. The summed E-state index contributed by atoms with van der Waals surface area (Å²) in [5, 5.41) is 16.3. The van der Waals surface area contributed by atoms with Crippen LogP contribution in [0.25, 0.3) is 5.69 Å². The third kappa shape index (κ3) is 6.15. The van der Waals surface area contributed by atoms with Crippen LogP contribution in [0.4, 0.5) is 11.4 Å². The molecule has 180 valence electrons. The largest absolute Gasteiger partial charge is 0.497 e. The zero-order valence-corrected chi connectivity index (χ0v) is 21.3. The molecular weight excluding hydrogens is 482 g/mol. The molecule has 0 radical (unpaired) electrons. The van der Waals surface area contributed by atoms with Crippen molar-refractivity contribution in [2.45, 2.75) is 25.5 Å². The molecule has 2 N–H and O–H groups in total. The fourth-order valence-corrected chi connectivity index (χ4v) is 4.36. The minimum Gasteiger partial charge on any atom is -0.497 e. The number of amides is 1. The molecule has 1 heterocycles. The van der Waals surface area contributed by atoms with Gasteiger partial charge >= 0.3 is 0 Å². The molecular formula is C26H26ClN5O2S. The van der Waals surface area contributed by atoms with Crippen molar-refractivity contribution in [1.82, 2.24) is 14.8 Å². The molecule has 1 aromatic heterocycles. The molecule has 35 heavy (non-hydrogen) atoms. The van der Waals surface area contributed by atoms with E-state index in [1.165, 1.54) is 11.8 Å². The van der Waals surface area contributed by atoms with Crippen molar-refractivity contribution in [1.29, 1.82) is 0 Å². The van der Waals surface area contributed by atoms with Gasteiger partial charge in [0.2, 0.25) is 5.91 Å². The molecule has 0 saturated heterocycles. The predicted octanol–water partition coefficient (Wildman–Crippen LogP) is 5.89. The number of hydrogen-bond donors (Lipinski definition) is 2. The summed E-state index contributed by atoms with van der Waals surface area (Å²) in [7, 11) is 1.64. The number of hydrogen-bond acceptors (Lipinski definition) is 6. The number of aromatic nitrogens is 3. The summed E-state index contributed by atoms with van der Waals surface area (Å²) in [6.45, 7) is 4.38. The number of benzene rings is 3. The minimum atomic E-state index is -0.142. The number of aryl methyl sites for hydroxylation is 1. The SMILES string of the molecule is COc1ccc(NCc2nnc(SCC(=O)Nc3cccc(Cl)c3C)n2-c2ccc(C)cc2)cc1. The number of rotatable bonds is 9. The first-order chi connectivity index (χ1) is 16.9. The van der Waals surface area contributed by atoms with E-state index in [0.29, 0.717) is 22.4 Å². The molecule has 1 amide bonds. The maximum Gasteiger partial charge on any atom is 0.234 e. The van der Waals surface area contributed by atoms with Crippen LogP contribution >= 0.6 is 23.4 Å². The maximum absolute atomic E-state index is 12.7. The molecule has 0 atom stereocenters. The molecule has 0 aliphatic rings. The highest BCUT2D eigenvalue weighted by Gasteiger charge is 2.16. The van der Waals surface area contributed by atoms with Crippen LogP contribution in [0.2, 0.25) is 5.02 Å². The number of nitrogens with one attached hydrogen (secondary N) is 2. The average Bonchev–Trinajstić information content (AvgIpc) is 3.28. The fraction of sp³-hybridized carbons (Fsp3) is 0.192. The quantitative estimate of drug-likeness (QED) is 0.275. The summed E-state index contributed by atoms with van der Waals surface area (Å²) in [6.07, 6.45) is 0. The summed E-state index contributed by atoms with van der Waals surface area (Å²) >= 11 is 7.50. The summed E-state index contributed by atoms with van der Waals surface area (Å²) in [5.74, 6) is 1.57. The predicted molar refractivity (Wildman–Crippen MR) is 142 cm³/mol. The Kier molecular flexibility index (Phi) is 7.94. The summed E-state index contributed by atoms with van der Waals surface area (Å²) < 4.78 is 7.19. The van der Waals surface area contributed by atoms with Gasteiger partial charge in [0.1, 0.15) is 5.75 Å². The van der Waals surface area contributed by atoms with Crippen LogP contribution in [0.1, 0.15) is 17.0 Å². The number of thioether (sulfide) groups is 1. The van der Waals surface area contributed by atoms with Gasteiger partial charge in [-0.3, -0.25) is 9.36 Å². The van der Waals surface area contributed by atoms with Crippen molar-refractivity contribution in [3.8, 4) is 11.4 Å². The molecule has 0 unspecified atom stereocenters. The van der Waals surface area contributed by atoms with Crippen LogP contribution in [0.15, 0.2) is 71.9 Å². The molecule has 4 aromatic rings. The summed E-state index contributed by atoms with van der Waals surface area (Å²) in [5.41, 5.74) is 4.57. The van der Waals surface area contributed by atoms with Crippen LogP contribution in [0, 0.1) is 13.8 Å². The van der Waals surface area contributed by atoms with Gasteiger partial charge in [-0.1, -0.05) is 47.1 Å². The van der Waals surface area contributed by atoms with Gasteiger partial charge in [-0.25, -0.2) is 0 Å². The standard InChI is InChI=1S/C26H26ClN5O2S/c1-17-7-11-20(12-8-17)32-24(15-28-19-9-13-21(34-3)14-10-19)30-31-26(32)35-16-25(33)29-23-6-4-5-22(27)18(23)2/h4-14,28H,15-16H2,1-3H3,(H,29,33). The third-order valence-electron chi connectivity index (χ3n) is 5.41. The Morgan fingerprint density at radius 3 is 2.49 bits per heavy atom. The van der Waals surface area contributed by atoms with E-state index in [-0.39, 0.29) is 11.7 Å². The summed E-state index contributed by atoms with van der Waals surface area (Å²) in [4.78, 5) is 12.7. The van der Waals surface area contributed by atoms with Crippen molar-refractivity contribution >= 4 is 40.6 Å². The Bertz CT molecular complexity index is 1310. The number of carbonyl (C=O) groups excluding carboxylic acids is 1. The van der Waals surface area contributed by atoms with Gasteiger partial charge in [0, 0.05) is 22.1 Å². The second kappa shape index (κ2) is 11.3. The summed E-state index contributed by atoms with van der Waals surface area (Å²) in [6, 6.07) is 21.3. The number of ether oxygens (including phenoxy) is 1. The molecule has 9 heteroatoms. The van der Waals surface area contributed by atoms with Gasteiger partial charge < -0.3 is 15.4 Å². The lowest BCUT2D eigenvalue weighted by atomic mass is 10.2. The van der Waals surface area contributed by atoms with E-state index in [4.69, 9.17) is 16.3 Å². The van der Waals surface area contributed by atoms with Crippen LogP contribution in [0.5, 0.6) is 5.75 Å². The first-order valence-electron chi connectivity index (χ1n) is 11.0. The highest BCUT2D eigenvalue weighted by molar-refractivity contribution is 7.99. The van der Waals surface area contributed by atoms with E-state index in [1.807, 2.05) is 79.1 Å². The zero-order valence-electron chi connectivity index (χ0n) is 19.7. The smallest absolute Gasteiger partial charge is 0.234 e. The Labute approximate surface area is 213 Å². The van der Waals surface area contributed by atoms with Gasteiger partial charge in [0.25, 0.3) is 0 Å². The zero-order chi connectivity index (χ0) is 24.8. The van der Waals surface area contributed by atoms with Crippen LogP contribution in [0.3, 0.4) is 0 Å². The van der Waals surface area contributed by atoms with Crippen molar-refractivity contribution < 1.29 is 9.53 Å². The third-order valence-corrected chi connectivity index (χ3v) is 6.75. The first-order valence-corrected chi connectivity index (χ1v) is 12.4. The maximum atomic E-state index is 12.7. The normalized spacial score (nSPS) is 10.7. The second-order valence-electron chi connectivity index (χ2n) is 7.90. The molecule has 0 bridgehead atoms. The lowest BCUT2D eigenvalue weighted by Crippen LogP contribution is -2.15. The monoisotopic (exact) mass is 507 g/mol. The van der Waals surface area contributed by atoms with Gasteiger partial charge in [-0.15, -0.1) is 10.2 Å². The van der Waals surface area contributed by atoms with E-state index in [0.717, 1.165) is 34.1 Å². The Morgan fingerprint density at radius 2 is 1.77 bits per heavy atom. The van der Waals surface area contributed by atoms with Crippen LogP contribution in [-0.4, -0.2) is 33.5 Å². The number of nitrogens with zero attached hydrogens (tertiary/aromatic N) is 3. The van der Waals surface area contributed by atoms with E-state index < -0.39 is 0 Å². The number of halogens is 1. The fourth-order valence-electron chi connectivity index (χ4n) is 3.41. The molecule has 0 spiro atoms. The van der Waals surface area contributed by atoms with Gasteiger partial charge in [0.15, 0.2) is 11.0 Å². The second-order valence-corrected chi connectivity index (χ2v) is 9.25. The van der Waals surface area contributed by atoms with Crippen molar-refractivity contribution in [3.63, 3.8) is 0 Å². The highest BCUT2D eigenvalue weighted by Crippen LogP contribution is 2.26. The first kappa shape index (κ1) is 24.6. The Hall–Kier alpha value is -3.49. The highest BCUT2D eigenvalue weighted by atomic mass is 35.5. The van der Waals surface area contributed by atoms with E-state index in [2.05, 4.69) is 20.8 Å². The average molecular weight is 508 g/mol. The lowest BCUT2D eigenvalue weighted by molar-refractivity contribution is -0.113. The molecule has 0 aliphatic heterocycles.